The minimum atomic E-state index is 0.0166. The molecule has 5 nitrogen and oxygen atoms in total. The van der Waals surface area contributed by atoms with E-state index in [0.29, 0.717) is 23.9 Å². The molecule has 0 spiro atoms. The van der Waals surface area contributed by atoms with Crippen LogP contribution in [-0.2, 0) is 9.53 Å². The number of nitrogens with one attached hydrogen (secondary N) is 1. The molecule has 3 rings (SSSR count). The number of nitrogens with zero attached hydrogens (tertiary/aromatic N) is 2. The van der Waals surface area contributed by atoms with Crippen molar-refractivity contribution in [2.24, 2.45) is 5.92 Å². The van der Waals surface area contributed by atoms with Gasteiger partial charge in [0.2, 0.25) is 5.91 Å². The lowest BCUT2D eigenvalue weighted by molar-refractivity contribution is -0.117. The largest absolute Gasteiger partial charge is 0.381 e. The van der Waals surface area contributed by atoms with Gasteiger partial charge in [-0.05, 0) is 18.8 Å². The Bertz CT molecular complexity index is 608. The predicted octanol–water partition coefficient (Wildman–Crippen LogP) is 2.90. The van der Waals surface area contributed by atoms with Crippen molar-refractivity contribution in [2.75, 3.05) is 18.5 Å². The zero-order chi connectivity index (χ0) is 15.2. The maximum absolute atomic E-state index is 12.0. The molecule has 22 heavy (non-hydrogen) atoms. The Kier molecular flexibility index (Phi) is 4.75. The quantitative estimate of drug-likeness (QED) is 0.942. The highest BCUT2D eigenvalue weighted by Gasteiger charge is 2.17. The number of hydrogen-bond acceptors (Lipinski definition) is 4. The Labute approximate surface area is 129 Å². The van der Waals surface area contributed by atoms with Gasteiger partial charge in [-0.15, -0.1) is 0 Å². The number of benzene rings is 1. The van der Waals surface area contributed by atoms with E-state index < -0.39 is 0 Å². The second kappa shape index (κ2) is 7.13. The van der Waals surface area contributed by atoms with Crippen molar-refractivity contribution >= 4 is 11.6 Å². The molecule has 1 aromatic carbocycles. The average Bonchev–Trinajstić information content (AvgIpc) is 2.57. The molecule has 2 aromatic rings. The van der Waals surface area contributed by atoms with Gasteiger partial charge in [0.25, 0.3) is 0 Å². The number of hydrogen-bond donors (Lipinski definition) is 1. The fourth-order valence-electron chi connectivity index (χ4n) is 2.55. The molecule has 0 bridgehead atoms. The standard InChI is InChI=1S/C17H19N3O2/c21-16(10-13-6-8-22-9-7-13)20-15-11-18-17(19-12-15)14-4-2-1-3-5-14/h1-5,11-13H,6-10H2,(H,20,21). The van der Waals surface area contributed by atoms with Gasteiger partial charge in [0.15, 0.2) is 5.82 Å². The zero-order valence-corrected chi connectivity index (χ0v) is 12.4. The van der Waals surface area contributed by atoms with Crippen LogP contribution in [0.25, 0.3) is 11.4 Å². The summed E-state index contributed by atoms with van der Waals surface area (Å²) in [6, 6.07) is 9.76. The lowest BCUT2D eigenvalue weighted by Crippen LogP contribution is -2.22. The van der Waals surface area contributed by atoms with Gasteiger partial charge in [0, 0.05) is 25.2 Å². The third-order valence-electron chi connectivity index (χ3n) is 3.78. The smallest absolute Gasteiger partial charge is 0.224 e. The minimum absolute atomic E-state index is 0.0166. The number of rotatable bonds is 4. The molecule has 1 aliphatic heterocycles. The third-order valence-corrected chi connectivity index (χ3v) is 3.78. The molecule has 2 heterocycles. The molecule has 1 amide bonds. The summed E-state index contributed by atoms with van der Waals surface area (Å²) in [7, 11) is 0. The Morgan fingerprint density at radius 1 is 1.14 bits per heavy atom. The number of ether oxygens (including phenoxy) is 1. The molecule has 0 saturated carbocycles. The average molecular weight is 297 g/mol. The summed E-state index contributed by atoms with van der Waals surface area (Å²) in [4.78, 5) is 20.6. The van der Waals surface area contributed by atoms with Crippen LogP contribution in [0.15, 0.2) is 42.7 Å². The third kappa shape index (κ3) is 3.89. The van der Waals surface area contributed by atoms with Gasteiger partial charge in [0.05, 0.1) is 18.1 Å². The van der Waals surface area contributed by atoms with Crippen LogP contribution >= 0.6 is 0 Å². The van der Waals surface area contributed by atoms with Gasteiger partial charge in [-0.25, -0.2) is 9.97 Å². The van der Waals surface area contributed by atoms with Gasteiger partial charge >= 0.3 is 0 Å². The molecular weight excluding hydrogens is 278 g/mol. The Hall–Kier alpha value is -2.27. The molecule has 0 aliphatic carbocycles. The molecule has 0 atom stereocenters. The van der Waals surface area contributed by atoms with E-state index in [1.54, 1.807) is 12.4 Å². The molecule has 1 aliphatic rings. The number of anilines is 1. The van der Waals surface area contributed by atoms with E-state index in [2.05, 4.69) is 15.3 Å². The molecule has 1 aromatic heterocycles. The number of carbonyl (C=O) groups is 1. The first-order chi connectivity index (χ1) is 10.8. The van der Waals surface area contributed by atoms with Crippen molar-refractivity contribution in [1.82, 2.24) is 9.97 Å². The second-order valence-electron chi connectivity index (χ2n) is 5.47. The number of aromatic nitrogens is 2. The predicted molar refractivity (Wildman–Crippen MR) is 84.3 cm³/mol. The van der Waals surface area contributed by atoms with E-state index in [1.807, 2.05) is 30.3 Å². The monoisotopic (exact) mass is 297 g/mol. The van der Waals surface area contributed by atoms with Crippen molar-refractivity contribution in [3.8, 4) is 11.4 Å². The fraction of sp³-hybridized carbons (Fsp3) is 0.353. The van der Waals surface area contributed by atoms with Gasteiger partial charge in [-0.3, -0.25) is 4.79 Å². The van der Waals surface area contributed by atoms with Gasteiger partial charge in [-0.1, -0.05) is 30.3 Å². The SMILES string of the molecule is O=C(CC1CCOCC1)Nc1cnc(-c2ccccc2)nc1. The fourth-order valence-corrected chi connectivity index (χ4v) is 2.55. The van der Waals surface area contributed by atoms with Gasteiger partial charge < -0.3 is 10.1 Å². The zero-order valence-electron chi connectivity index (χ0n) is 12.4. The van der Waals surface area contributed by atoms with Crippen molar-refractivity contribution in [3.05, 3.63) is 42.7 Å². The molecule has 1 saturated heterocycles. The van der Waals surface area contributed by atoms with Crippen LogP contribution in [0.2, 0.25) is 0 Å². The van der Waals surface area contributed by atoms with E-state index in [-0.39, 0.29) is 5.91 Å². The lowest BCUT2D eigenvalue weighted by Gasteiger charge is -2.21. The Balaban J connectivity index is 1.57. The van der Waals surface area contributed by atoms with E-state index >= 15 is 0 Å². The highest BCUT2D eigenvalue weighted by atomic mass is 16.5. The van der Waals surface area contributed by atoms with Crippen LogP contribution in [0.3, 0.4) is 0 Å². The van der Waals surface area contributed by atoms with Crippen LogP contribution < -0.4 is 5.32 Å². The van der Waals surface area contributed by atoms with Crippen molar-refractivity contribution in [1.29, 1.82) is 0 Å². The Morgan fingerprint density at radius 3 is 2.50 bits per heavy atom. The van der Waals surface area contributed by atoms with Crippen LogP contribution in [0, 0.1) is 5.92 Å². The topological polar surface area (TPSA) is 64.1 Å². The maximum Gasteiger partial charge on any atom is 0.224 e. The van der Waals surface area contributed by atoms with E-state index in [0.717, 1.165) is 31.6 Å². The van der Waals surface area contributed by atoms with Crippen LogP contribution in [-0.4, -0.2) is 29.1 Å². The molecule has 0 unspecified atom stereocenters. The summed E-state index contributed by atoms with van der Waals surface area (Å²) < 4.78 is 5.30. The van der Waals surface area contributed by atoms with Crippen LogP contribution in [0.5, 0.6) is 0 Å². The highest BCUT2D eigenvalue weighted by molar-refractivity contribution is 5.90. The normalized spacial score (nSPS) is 15.5. The molecule has 0 radical (unpaired) electrons. The summed E-state index contributed by atoms with van der Waals surface area (Å²) in [6.45, 7) is 1.51. The lowest BCUT2D eigenvalue weighted by atomic mass is 9.96. The molecule has 5 heteroatoms. The van der Waals surface area contributed by atoms with E-state index in [9.17, 15) is 4.79 Å². The molecular formula is C17H19N3O2. The summed E-state index contributed by atoms with van der Waals surface area (Å²) in [6.07, 6.45) is 5.74. The first-order valence-corrected chi connectivity index (χ1v) is 7.56. The van der Waals surface area contributed by atoms with Crippen LogP contribution in [0.4, 0.5) is 5.69 Å². The first-order valence-electron chi connectivity index (χ1n) is 7.56. The van der Waals surface area contributed by atoms with Gasteiger partial charge in [-0.2, -0.15) is 0 Å². The van der Waals surface area contributed by atoms with E-state index in [1.165, 1.54) is 0 Å². The number of amides is 1. The molecule has 1 N–H and O–H groups in total. The Morgan fingerprint density at radius 2 is 1.82 bits per heavy atom. The molecule has 1 fully saturated rings. The van der Waals surface area contributed by atoms with E-state index in [4.69, 9.17) is 4.74 Å². The van der Waals surface area contributed by atoms with Crippen molar-refractivity contribution in [2.45, 2.75) is 19.3 Å². The highest BCUT2D eigenvalue weighted by Crippen LogP contribution is 2.19. The van der Waals surface area contributed by atoms with Crippen molar-refractivity contribution < 1.29 is 9.53 Å². The van der Waals surface area contributed by atoms with Crippen molar-refractivity contribution in [3.63, 3.8) is 0 Å². The first kappa shape index (κ1) is 14.7. The summed E-state index contributed by atoms with van der Waals surface area (Å²) in [5.74, 6) is 1.09. The summed E-state index contributed by atoms with van der Waals surface area (Å²) in [5.41, 5.74) is 1.60. The summed E-state index contributed by atoms with van der Waals surface area (Å²) >= 11 is 0. The minimum Gasteiger partial charge on any atom is -0.381 e. The second-order valence-corrected chi connectivity index (χ2v) is 5.47. The maximum atomic E-state index is 12.0. The van der Waals surface area contributed by atoms with Crippen LogP contribution in [0.1, 0.15) is 19.3 Å². The summed E-state index contributed by atoms with van der Waals surface area (Å²) in [5, 5.41) is 2.86. The molecule has 114 valence electrons. The van der Waals surface area contributed by atoms with Gasteiger partial charge in [0.1, 0.15) is 0 Å². The number of carbonyl (C=O) groups excluding carboxylic acids is 1.